The van der Waals surface area contributed by atoms with E-state index in [0.717, 1.165) is 30.4 Å². The van der Waals surface area contributed by atoms with Crippen molar-refractivity contribution in [2.45, 2.75) is 55.8 Å². The van der Waals surface area contributed by atoms with Crippen LogP contribution in [0.2, 0.25) is 0 Å². The fraction of sp³-hybridized carbons (Fsp3) is 0.579. The molecule has 1 aliphatic rings. The number of aromatic nitrogens is 2. The Labute approximate surface area is 209 Å². The van der Waals surface area contributed by atoms with Crippen LogP contribution < -0.4 is 0 Å². The Bertz CT molecular complexity index is 962. The van der Waals surface area contributed by atoms with Gasteiger partial charge >= 0.3 is 24.0 Å². The molecule has 0 aliphatic carbocycles. The predicted octanol–water partition coefficient (Wildman–Crippen LogP) is 2.20. The fourth-order valence-electron chi connectivity index (χ4n) is 3.41. The number of carbonyl (C=O) groups excluding carboxylic acids is 5. The molecule has 0 aromatic carbocycles. The van der Waals surface area contributed by atoms with E-state index in [2.05, 4.69) is 5.10 Å². The predicted molar refractivity (Wildman–Crippen MR) is 116 cm³/mol. The van der Waals surface area contributed by atoms with Gasteiger partial charge < -0.3 is 18.9 Å². The minimum absolute atomic E-state index is 0.0924. The van der Waals surface area contributed by atoms with Gasteiger partial charge in [-0.2, -0.15) is 5.10 Å². The van der Waals surface area contributed by atoms with E-state index >= 15 is 0 Å². The topological polar surface area (TPSA) is 143 Å². The maximum Gasteiger partial charge on any atom is 0.411 e. The van der Waals surface area contributed by atoms with Crippen molar-refractivity contribution >= 4 is 64.7 Å². The van der Waals surface area contributed by atoms with Gasteiger partial charge in [0.2, 0.25) is 9.70 Å². The first-order valence-electron chi connectivity index (χ1n) is 9.77. The van der Waals surface area contributed by atoms with Gasteiger partial charge in [-0.3, -0.25) is 24.1 Å². The lowest BCUT2D eigenvalue weighted by molar-refractivity contribution is -0.165. The molecule has 1 aliphatic heterocycles. The molecule has 0 spiro atoms. The van der Waals surface area contributed by atoms with Crippen LogP contribution in [0.4, 0.5) is 4.79 Å². The van der Waals surface area contributed by atoms with Crippen molar-refractivity contribution in [1.82, 2.24) is 14.7 Å². The highest BCUT2D eigenvalue weighted by molar-refractivity contribution is 6.67. The van der Waals surface area contributed by atoms with E-state index in [1.165, 1.54) is 19.2 Å². The number of hydrogen-bond donors (Lipinski definition) is 0. The number of esters is 3. The minimum Gasteiger partial charge on any atom is -0.464 e. The Kier molecular flexibility index (Phi) is 9.15. The molecule has 1 fully saturated rings. The maximum absolute atomic E-state index is 13.1. The first-order valence-corrected chi connectivity index (χ1v) is 10.9. The zero-order valence-electron chi connectivity index (χ0n) is 18.5. The standard InChI is InChI=1S/C19H22Cl3N3O9/c1-9(26)24-6-5-13(23-24)15-17(34-12(4)29)16(33-11(3)28)14(7-31-10(2)27)25(15)18(30)32-8-19(20,21)22/h5-6,14-17H,7-8H2,1-4H3/t14-,15+,16-,17+/m1/s1. The second kappa shape index (κ2) is 11.2. The van der Waals surface area contributed by atoms with Gasteiger partial charge in [0, 0.05) is 33.9 Å². The van der Waals surface area contributed by atoms with E-state index in [-0.39, 0.29) is 5.69 Å². The molecule has 0 radical (unpaired) electrons. The quantitative estimate of drug-likeness (QED) is 0.298. The number of ether oxygens (including phenoxy) is 4. The molecule has 1 amide bonds. The summed E-state index contributed by atoms with van der Waals surface area (Å²) in [7, 11) is 0. The number of halogens is 3. The van der Waals surface area contributed by atoms with Crippen LogP contribution in [0, 0.1) is 0 Å². The molecule has 12 nitrogen and oxygen atoms in total. The lowest BCUT2D eigenvalue weighted by atomic mass is 10.1. The van der Waals surface area contributed by atoms with Crippen LogP contribution in [0.5, 0.6) is 0 Å². The van der Waals surface area contributed by atoms with Crippen molar-refractivity contribution in [2.75, 3.05) is 13.2 Å². The van der Waals surface area contributed by atoms with E-state index in [1.807, 2.05) is 0 Å². The van der Waals surface area contributed by atoms with Crippen LogP contribution in [0.25, 0.3) is 0 Å². The second-order valence-electron chi connectivity index (χ2n) is 7.24. The van der Waals surface area contributed by atoms with Gasteiger partial charge in [0.15, 0.2) is 12.2 Å². The first kappa shape index (κ1) is 27.7. The van der Waals surface area contributed by atoms with E-state index in [1.54, 1.807) is 0 Å². The molecule has 188 valence electrons. The van der Waals surface area contributed by atoms with Crippen LogP contribution in [0.15, 0.2) is 12.3 Å². The van der Waals surface area contributed by atoms with Crippen LogP contribution in [0.1, 0.15) is 44.2 Å². The summed E-state index contributed by atoms with van der Waals surface area (Å²) in [5.41, 5.74) is 0.0924. The summed E-state index contributed by atoms with van der Waals surface area (Å²) >= 11 is 17.1. The van der Waals surface area contributed by atoms with Crippen molar-refractivity contribution in [3.05, 3.63) is 18.0 Å². The van der Waals surface area contributed by atoms with Gasteiger partial charge in [0.25, 0.3) is 0 Å². The lowest BCUT2D eigenvalue weighted by Gasteiger charge is -2.29. The Morgan fingerprint density at radius 2 is 1.53 bits per heavy atom. The average molecular weight is 543 g/mol. The van der Waals surface area contributed by atoms with Crippen molar-refractivity contribution < 1.29 is 42.9 Å². The molecule has 15 heteroatoms. The van der Waals surface area contributed by atoms with Gasteiger partial charge in [0.1, 0.15) is 25.3 Å². The molecule has 2 rings (SSSR count). The average Bonchev–Trinajstić information content (AvgIpc) is 3.27. The van der Waals surface area contributed by atoms with E-state index in [9.17, 15) is 24.0 Å². The van der Waals surface area contributed by atoms with Crippen LogP contribution in [-0.2, 0) is 33.3 Å². The van der Waals surface area contributed by atoms with Gasteiger partial charge in [-0.1, -0.05) is 34.8 Å². The summed E-state index contributed by atoms with van der Waals surface area (Å²) in [6.45, 7) is 3.50. The third-order valence-electron chi connectivity index (χ3n) is 4.54. The number of rotatable bonds is 6. The Hall–Kier alpha value is -2.57. The highest BCUT2D eigenvalue weighted by atomic mass is 35.6. The zero-order chi connectivity index (χ0) is 25.8. The number of amides is 1. The molecule has 4 atom stereocenters. The van der Waals surface area contributed by atoms with Crippen LogP contribution in [-0.4, -0.2) is 79.8 Å². The molecule has 1 aromatic rings. The number of likely N-dealkylation sites (tertiary alicyclic amines) is 1. The number of alkyl halides is 3. The minimum atomic E-state index is -1.95. The smallest absolute Gasteiger partial charge is 0.411 e. The summed E-state index contributed by atoms with van der Waals surface area (Å²) in [6.07, 6.45) is -2.35. The van der Waals surface area contributed by atoms with Gasteiger partial charge in [0.05, 0.1) is 5.69 Å². The number of nitrogens with zero attached hydrogens (tertiary/aromatic N) is 3. The Morgan fingerprint density at radius 1 is 0.941 bits per heavy atom. The molecule has 0 saturated carbocycles. The van der Waals surface area contributed by atoms with Crippen molar-refractivity contribution in [2.24, 2.45) is 0 Å². The summed E-state index contributed by atoms with van der Waals surface area (Å²) in [6, 6.07) is -1.01. The van der Waals surface area contributed by atoms with Crippen molar-refractivity contribution in [3.8, 4) is 0 Å². The Balaban J connectivity index is 2.62. The number of carbonyl (C=O) groups is 5. The number of hydrogen-bond acceptors (Lipinski definition) is 10. The summed E-state index contributed by atoms with van der Waals surface area (Å²) in [5.74, 6) is -2.66. The van der Waals surface area contributed by atoms with Gasteiger partial charge in [-0.15, -0.1) is 0 Å². The molecule has 0 bridgehead atoms. The molecule has 1 aromatic heterocycles. The zero-order valence-corrected chi connectivity index (χ0v) is 20.8. The largest absolute Gasteiger partial charge is 0.464 e. The second-order valence-corrected chi connectivity index (χ2v) is 9.76. The molecule has 2 heterocycles. The molecule has 0 N–H and O–H groups in total. The van der Waals surface area contributed by atoms with Gasteiger partial charge in [-0.25, -0.2) is 9.48 Å². The summed E-state index contributed by atoms with van der Waals surface area (Å²) in [5, 5.41) is 4.13. The van der Waals surface area contributed by atoms with E-state index in [0.29, 0.717) is 0 Å². The molecule has 0 unspecified atom stereocenters. The molecular formula is C19H22Cl3N3O9. The monoisotopic (exact) mass is 541 g/mol. The summed E-state index contributed by atoms with van der Waals surface area (Å²) in [4.78, 5) is 61.2. The van der Waals surface area contributed by atoms with Crippen molar-refractivity contribution in [1.29, 1.82) is 0 Å². The highest BCUT2D eigenvalue weighted by Crippen LogP contribution is 2.41. The van der Waals surface area contributed by atoms with Crippen LogP contribution >= 0.6 is 34.8 Å². The molecule has 34 heavy (non-hydrogen) atoms. The Morgan fingerprint density at radius 3 is 2.00 bits per heavy atom. The first-order chi connectivity index (χ1) is 15.7. The maximum atomic E-state index is 13.1. The molecular weight excluding hydrogens is 521 g/mol. The normalized spacial score (nSPS) is 22.1. The summed E-state index contributed by atoms with van der Waals surface area (Å²) < 4.78 is 20.0. The third kappa shape index (κ3) is 7.21. The SMILES string of the molecule is CC(=O)OC[C@@H]1[C@@H](OC(C)=O)[C@@H](OC(C)=O)[C@H](c2ccn(C(C)=O)n2)N1C(=O)OCC(Cl)(Cl)Cl. The van der Waals surface area contributed by atoms with E-state index < -0.39 is 71.2 Å². The fourth-order valence-corrected chi connectivity index (χ4v) is 3.57. The van der Waals surface area contributed by atoms with Crippen LogP contribution in [0.3, 0.4) is 0 Å². The van der Waals surface area contributed by atoms with Crippen molar-refractivity contribution in [3.63, 3.8) is 0 Å². The van der Waals surface area contributed by atoms with Gasteiger partial charge in [-0.05, 0) is 6.07 Å². The highest BCUT2D eigenvalue weighted by Gasteiger charge is 2.57. The molecule has 1 saturated heterocycles. The third-order valence-corrected chi connectivity index (χ3v) is 4.87. The van der Waals surface area contributed by atoms with E-state index in [4.69, 9.17) is 53.8 Å². The lowest BCUT2D eigenvalue weighted by Crippen LogP contribution is -2.46.